The molecule has 0 spiro atoms. The maximum absolute atomic E-state index is 11.2. The molecule has 16 heavy (non-hydrogen) atoms. The Morgan fingerprint density at radius 2 is 2.06 bits per heavy atom. The quantitative estimate of drug-likeness (QED) is 0.782. The number of anilines is 1. The van der Waals surface area contributed by atoms with Crippen LogP contribution in [0.1, 0.15) is 25.3 Å². The first-order chi connectivity index (χ1) is 7.76. The first-order valence-corrected chi connectivity index (χ1v) is 5.53. The van der Waals surface area contributed by atoms with Gasteiger partial charge in [0.15, 0.2) is 0 Å². The molecular weight excluding hydrogens is 200 g/mol. The largest absolute Gasteiger partial charge is 0.323 e. The van der Waals surface area contributed by atoms with Gasteiger partial charge in [-0.15, -0.1) is 0 Å². The molecule has 2 amide bonds. The standard InChI is InChI=1S/C13H18N2O/c1-3-5-6-11-7-9-12(10-8-11)15-13(16)14-4-2/h4,7-10H,2-3,5-6H2,1H3,(H2,14,15,16). The Hall–Kier alpha value is -1.77. The van der Waals surface area contributed by atoms with Gasteiger partial charge in [-0.3, -0.25) is 0 Å². The van der Waals surface area contributed by atoms with Crippen LogP contribution in [0.5, 0.6) is 0 Å². The number of nitrogens with one attached hydrogen (secondary N) is 2. The number of carbonyl (C=O) groups excluding carboxylic acids is 1. The molecule has 1 rings (SSSR count). The molecule has 0 fully saturated rings. The van der Waals surface area contributed by atoms with E-state index in [9.17, 15) is 4.79 Å². The summed E-state index contributed by atoms with van der Waals surface area (Å²) in [6, 6.07) is 7.64. The molecule has 3 heteroatoms. The van der Waals surface area contributed by atoms with Gasteiger partial charge in [0.05, 0.1) is 0 Å². The molecule has 1 aromatic rings. The highest BCUT2D eigenvalue weighted by atomic mass is 16.2. The maximum Gasteiger partial charge on any atom is 0.323 e. The van der Waals surface area contributed by atoms with Gasteiger partial charge < -0.3 is 10.6 Å². The maximum atomic E-state index is 11.2. The number of hydrogen-bond donors (Lipinski definition) is 2. The summed E-state index contributed by atoms with van der Waals surface area (Å²) < 4.78 is 0. The molecule has 0 radical (unpaired) electrons. The van der Waals surface area contributed by atoms with Gasteiger partial charge in [-0.25, -0.2) is 4.79 Å². The van der Waals surface area contributed by atoms with Gasteiger partial charge in [0.25, 0.3) is 0 Å². The normalized spacial score (nSPS) is 9.56. The minimum absolute atomic E-state index is 0.267. The van der Waals surface area contributed by atoms with Gasteiger partial charge in [-0.05, 0) is 36.7 Å². The van der Waals surface area contributed by atoms with Crippen LogP contribution in [0.15, 0.2) is 37.0 Å². The average molecular weight is 218 g/mol. The molecule has 0 aliphatic carbocycles. The van der Waals surface area contributed by atoms with Crippen LogP contribution in [0.2, 0.25) is 0 Å². The number of unbranched alkanes of at least 4 members (excludes halogenated alkanes) is 1. The summed E-state index contributed by atoms with van der Waals surface area (Å²) in [6.45, 7) is 5.59. The van der Waals surface area contributed by atoms with Crippen LogP contribution >= 0.6 is 0 Å². The van der Waals surface area contributed by atoms with E-state index in [1.165, 1.54) is 24.6 Å². The number of benzene rings is 1. The lowest BCUT2D eigenvalue weighted by molar-refractivity contribution is 0.255. The molecule has 0 aromatic heterocycles. The molecule has 0 aliphatic rings. The van der Waals surface area contributed by atoms with Gasteiger partial charge in [-0.2, -0.15) is 0 Å². The molecule has 0 bridgehead atoms. The summed E-state index contributed by atoms with van der Waals surface area (Å²) in [5, 5.41) is 5.16. The average Bonchev–Trinajstić information content (AvgIpc) is 2.28. The summed E-state index contributed by atoms with van der Waals surface area (Å²) in [7, 11) is 0. The smallest absolute Gasteiger partial charge is 0.315 e. The van der Waals surface area contributed by atoms with Crippen molar-refractivity contribution in [2.75, 3.05) is 5.32 Å². The third-order valence-electron chi connectivity index (χ3n) is 2.26. The summed E-state index contributed by atoms with van der Waals surface area (Å²) in [4.78, 5) is 11.2. The molecule has 2 N–H and O–H groups in total. The predicted octanol–water partition coefficient (Wildman–Crippen LogP) is 3.29. The zero-order chi connectivity index (χ0) is 11.8. The van der Waals surface area contributed by atoms with E-state index >= 15 is 0 Å². The minimum atomic E-state index is -0.267. The lowest BCUT2D eigenvalue weighted by Crippen LogP contribution is -2.23. The Kier molecular flexibility index (Phi) is 5.12. The summed E-state index contributed by atoms with van der Waals surface area (Å²) in [5.41, 5.74) is 2.09. The highest BCUT2D eigenvalue weighted by Crippen LogP contribution is 2.11. The monoisotopic (exact) mass is 218 g/mol. The van der Waals surface area contributed by atoms with Crippen LogP contribution in [0, 0.1) is 0 Å². The SMILES string of the molecule is C=CNC(=O)Nc1ccc(CCCC)cc1. The van der Waals surface area contributed by atoms with E-state index in [1.807, 2.05) is 24.3 Å². The van der Waals surface area contributed by atoms with Crippen molar-refractivity contribution in [3.63, 3.8) is 0 Å². The summed E-state index contributed by atoms with van der Waals surface area (Å²) >= 11 is 0. The minimum Gasteiger partial charge on any atom is -0.315 e. The summed E-state index contributed by atoms with van der Waals surface area (Å²) in [5.74, 6) is 0. The topological polar surface area (TPSA) is 41.1 Å². The first kappa shape index (κ1) is 12.3. The number of urea groups is 1. The Morgan fingerprint density at radius 3 is 2.62 bits per heavy atom. The molecule has 0 atom stereocenters. The number of carbonyl (C=O) groups is 1. The number of aryl methyl sites for hydroxylation is 1. The van der Waals surface area contributed by atoms with E-state index in [2.05, 4.69) is 24.1 Å². The highest BCUT2D eigenvalue weighted by Gasteiger charge is 1.98. The number of amides is 2. The fourth-order valence-corrected chi connectivity index (χ4v) is 1.40. The molecule has 0 saturated heterocycles. The van der Waals surface area contributed by atoms with E-state index in [4.69, 9.17) is 0 Å². The first-order valence-electron chi connectivity index (χ1n) is 5.53. The fraction of sp³-hybridized carbons (Fsp3) is 0.308. The van der Waals surface area contributed by atoms with Crippen LogP contribution in [0.3, 0.4) is 0 Å². The third kappa shape index (κ3) is 4.17. The zero-order valence-corrected chi connectivity index (χ0v) is 9.62. The Bertz CT molecular complexity index is 343. The van der Waals surface area contributed by atoms with Gasteiger partial charge in [0.1, 0.15) is 0 Å². The van der Waals surface area contributed by atoms with Crippen molar-refractivity contribution >= 4 is 11.7 Å². The highest BCUT2D eigenvalue weighted by molar-refractivity contribution is 5.89. The Morgan fingerprint density at radius 1 is 1.38 bits per heavy atom. The van der Waals surface area contributed by atoms with Gasteiger partial charge in [0.2, 0.25) is 0 Å². The molecule has 0 unspecified atom stereocenters. The molecule has 0 aliphatic heterocycles. The Balaban J connectivity index is 2.50. The van der Waals surface area contributed by atoms with E-state index in [1.54, 1.807) is 0 Å². The van der Waals surface area contributed by atoms with Crippen molar-refractivity contribution in [1.82, 2.24) is 5.32 Å². The molecule has 3 nitrogen and oxygen atoms in total. The molecule has 0 heterocycles. The zero-order valence-electron chi connectivity index (χ0n) is 9.62. The van der Waals surface area contributed by atoms with Crippen molar-refractivity contribution < 1.29 is 4.79 Å². The van der Waals surface area contributed by atoms with E-state index in [0.717, 1.165) is 12.1 Å². The number of hydrogen-bond acceptors (Lipinski definition) is 1. The van der Waals surface area contributed by atoms with Crippen LogP contribution in [0.4, 0.5) is 10.5 Å². The predicted molar refractivity (Wildman–Crippen MR) is 67.4 cm³/mol. The van der Waals surface area contributed by atoms with E-state index in [-0.39, 0.29) is 6.03 Å². The second kappa shape index (κ2) is 6.67. The van der Waals surface area contributed by atoms with Crippen LogP contribution in [-0.2, 0) is 6.42 Å². The molecular formula is C13H18N2O. The van der Waals surface area contributed by atoms with Crippen molar-refractivity contribution in [1.29, 1.82) is 0 Å². The second-order valence-electron chi connectivity index (χ2n) is 3.60. The summed E-state index contributed by atoms with van der Waals surface area (Å²) in [6.07, 6.45) is 4.84. The molecule has 86 valence electrons. The van der Waals surface area contributed by atoms with Crippen molar-refractivity contribution in [2.45, 2.75) is 26.2 Å². The number of rotatable bonds is 5. The molecule has 1 aromatic carbocycles. The van der Waals surface area contributed by atoms with Crippen molar-refractivity contribution in [3.8, 4) is 0 Å². The van der Waals surface area contributed by atoms with Gasteiger partial charge >= 0.3 is 6.03 Å². The van der Waals surface area contributed by atoms with Gasteiger partial charge in [0, 0.05) is 5.69 Å². The Labute approximate surface area is 96.6 Å². The van der Waals surface area contributed by atoms with Crippen molar-refractivity contribution in [3.05, 3.63) is 42.6 Å². The van der Waals surface area contributed by atoms with Crippen LogP contribution < -0.4 is 10.6 Å². The third-order valence-corrected chi connectivity index (χ3v) is 2.26. The fourth-order valence-electron chi connectivity index (χ4n) is 1.40. The van der Waals surface area contributed by atoms with Crippen LogP contribution in [0.25, 0.3) is 0 Å². The lowest BCUT2D eigenvalue weighted by Gasteiger charge is -2.05. The van der Waals surface area contributed by atoms with Crippen LogP contribution in [-0.4, -0.2) is 6.03 Å². The second-order valence-corrected chi connectivity index (χ2v) is 3.60. The van der Waals surface area contributed by atoms with Crippen molar-refractivity contribution in [2.24, 2.45) is 0 Å². The van der Waals surface area contributed by atoms with Gasteiger partial charge in [-0.1, -0.05) is 32.1 Å². The van der Waals surface area contributed by atoms with E-state index in [0.29, 0.717) is 0 Å². The van der Waals surface area contributed by atoms with E-state index < -0.39 is 0 Å². The molecule has 0 saturated carbocycles. The lowest BCUT2D eigenvalue weighted by atomic mass is 10.1.